The maximum Gasteiger partial charge on any atom is 0.225 e. The van der Waals surface area contributed by atoms with Crippen LogP contribution in [0, 0.1) is 17.7 Å². The van der Waals surface area contributed by atoms with Gasteiger partial charge in [0.2, 0.25) is 5.91 Å². The van der Waals surface area contributed by atoms with Crippen LogP contribution in [0.25, 0.3) is 0 Å². The Morgan fingerprint density at radius 3 is 2.52 bits per heavy atom. The number of amides is 1. The summed E-state index contributed by atoms with van der Waals surface area (Å²) in [7, 11) is 1.68. The van der Waals surface area contributed by atoms with Gasteiger partial charge < -0.3 is 9.64 Å². The zero-order valence-corrected chi connectivity index (χ0v) is 18.2. The highest BCUT2D eigenvalue weighted by Crippen LogP contribution is 2.44. The lowest BCUT2D eigenvalue weighted by atomic mass is 9.81. The largest absolute Gasteiger partial charge is 0.497 e. The number of likely N-dealkylation sites (tertiary alicyclic amines) is 2. The molecule has 2 aromatic carbocycles. The molecule has 1 amide bonds. The third-order valence-electron chi connectivity index (χ3n) is 7.65. The predicted molar refractivity (Wildman–Crippen MR) is 118 cm³/mol. The van der Waals surface area contributed by atoms with E-state index < -0.39 is 0 Å². The third-order valence-corrected chi connectivity index (χ3v) is 7.65. The molecule has 0 radical (unpaired) electrons. The van der Waals surface area contributed by atoms with Crippen LogP contribution in [0.5, 0.6) is 5.75 Å². The predicted octanol–water partition coefficient (Wildman–Crippen LogP) is 4.45. The molecule has 0 N–H and O–H groups in total. The fourth-order valence-electron chi connectivity index (χ4n) is 5.66. The summed E-state index contributed by atoms with van der Waals surface area (Å²) in [4.78, 5) is 17.8. The molecule has 0 spiro atoms. The van der Waals surface area contributed by atoms with Crippen molar-refractivity contribution >= 4 is 5.91 Å². The lowest BCUT2D eigenvalue weighted by Gasteiger charge is -2.40. The van der Waals surface area contributed by atoms with E-state index in [-0.39, 0.29) is 17.8 Å². The molecule has 5 rings (SSSR count). The van der Waals surface area contributed by atoms with Gasteiger partial charge in [0.1, 0.15) is 11.6 Å². The molecule has 1 aliphatic carbocycles. The summed E-state index contributed by atoms with van der Waals surface area (Å²) in [6, 6.07) is 15.7. The number of fused-ring (bicyclic) bond motifs is 1. The molecule has 2 saturated heterocycles. The average Bonchev–Trinajstić information content (AvgIpc) is 3.13. The number of rotatable bonds is 5. The Labute approximate surface area is 184 Å². The van der Waals surface area contributed by atoms with Crippen molar-refractivity contribution in [1.29, 1.82) is 0 Å². The van der Waals surface area contributed by atoms with Crippen LogP contribution >= 0.6 is 0 Å². The van der Waals surface area contributed by atoms with Gasteiger partial charge in [-0.2, -0.15) is 0 Å². The lowest BCUT2D eigenvalue weighted by Crippen LogP contribution is -2.49. The second-order valence-corrected chi connectivity index (χ2v) is 9.34. The second-order valence-electron chi connectivity index (χ2n) is 9.34. The third kappa shape index (κ3) is 3.96. The highest BCUT2D eigenvalue weighted by Gasteiger charge is 2.48. The van der Waals surface area contributed by atoms with Crippen molar-refractivity contribution in [2.45, 2.75) is 44.2 Å². The number of nitrogens with zero attached hydrogens (tertiary/aromatic N) is 2. The van der Waals surface area contributed by atoms with E-state index in [1.807, 2.05) is 24.3 Å². The highest BCUT2D eigenvalue weighted by molar-refractivity contribution is 5.80. The van der Waals surface area contributed by atoms with Gasteiger partial charge in [0.25, 0.3) is 0 Å². The number of piperidine rings is 1. The van der Waals surface area contributed by atoms with Crippen LogP contribution < -0.4 is 4.74 Å². The van der Waals surface area contributed by atoms with E-state index in [2.05, 4.69) is 21.9 Å². The molecule has 0 bridgehead atoms. The second kappa shape index (κ2) is 8.62. The zero-order chi connectivity index (χ0) is 21.4. The number of benzene rings is 2. The summed E-state index contributed by atoms with van der Waals surface area (Å²) in [5.74, 6) is 1.99. The molecule has 164 valence electrons. The maximum absolute atomic E-state index is 14.2. The van der Waals surface area contributed by atoms with Crippen LogP contribution in [0.2, 0.25) is 0 Å². The fourth-order valence-corrected chi connectivity index (χ4v) is 5.66. The fraction of sp³-hybridized carbons (Fsp3) is 0.500. The van der Waals surface area contributed by atoms with Crippen LogP contribution in [-0.4, -0.2) is 48.5 Å². The highest BCUT2D eigenvalue weighted by atomic mass is 19.1. The first-order valence-corrected chi connectivity index (χ1v) is 11.5. The monoisotopic (exact) mass is 422 g/mol. The van der Waals surface area contributed by atoms with Gasteiger partial charge in [0.05, 0.1) is 7.11 Å². The van der Waals surface area contributed by atoms with Gasteiger partial charge in [-0.3, -0.25) is 9.69 Å². The summed E-state index contributed by atoms with van der Waals surface area (Å²) >= 11 is 0. The SMILES string of the molecule is COc1ccc([C@@H]2CN(C(=O)C3CCC3)[C@H]3CCN(Cc4ccccc4F)C[C@@H]23)cc1. The number of carbonyl (C=O) groups excluding carboxylic acids is 1. The lowest BCUT2D eigenvalue weighted by molar-refractivity contribution is -0.140. The van der Waals surface area contributed by atoms with Gasteiger partial charge in [-0.05, 0) is 43.0 Å². The van der Waals surface area contributed by atoms with Crippen LogP contribution in [-0.2, 0) is 11.3 Å². The molecular formula is C26H31FN2O2. The molecule has 31 heavy (non-hydrogen) atoms. The molecule has 0 aromatic heterocycles. The molecule has 3 atom stereocenters. The van der Waals surface area contributed by atoms with Gasteiger partial charge in [-0.15, -0.1) is 0 Å². The first kappa shape index (κ1) is 20.5. The van der Waals surface area contributed by atoms with E-state index in [1.165, 1.54) is 18.1 Å². The molecule has 2 heterocycles. The zero-order valence-electron chi connectivity index (χ0n) is 18.2. The molecule has 3 aliphatic rings. The van der Waals surface area contributed by atoms with E-state index in [0.717, 1.165) is 50.2 Å². The number of carbonyl (C=O) groups is 1. The molecule has 2 aromatic rings. The minimum absolute atomic E-state index is 0.135. The van der Waals surface area contributed by atoms with Crippen LogP contribution in [0.1, 0.15) is 42.7 Å². The average molecular weight is 423 g/mol. The van der Waals surface area contributed by atoms with Gasteiger partial charge in [0, 0.05) is 55.5 Å². The summed E-state index contributed by atoms with van der Waals surface area (Å²) < 4.78 is 19.6. The van der Waals surface area contributed by atoms with Crippen molar-refractivity contribution in [2.75, 3.05) is 26.7 Å². The van der Waals surface area contributed by atoms with Crippen LogP contribution in [0.3, 0.4) is 0 Å². The normalized spacial score (nSPS) is 26.4. The minimum atomic E-state index is -0.135. The molecule has 1 saturated carbocycles. The van der Waals surface area contributed by atoms with Gasteiger partial charge in [0.15, 0.2) is 0 Å². The van der Waals surface area contributed by atoms with E-state index in [4.69, 9.17) is 4.74 Å². The number of hydrogen-bond acceptors (Lipinski definition) is 3. The summed E-state index contributed by atoms with van der Waals surface area (Å²) in [5, 5.41) is 0. The number of methoxy groups -OCH3 is 1. The van der Waals surface area contributed by atoms with Crippen LogP contribution in [0.4, 0.5) is 4.39 Å². The van der Waals surface area contributed by atoms with Crippen molar-refractivity contribution in [3.05, 3.63) is 65.5 Å². The summed E-state index contributed by atoms with van der Waals surface area (Å²) in [5.41, 5.74) is 2.02. The van der Waals surface area contributed by atoms with E-state index in [1.54, 1.807) is 13.2 Å². The minimum Gasteiger partial charge on any atom is -0.497 e. The Hall–Kier alpha value is -2.40. The molecule has 2 aliphatic heterocycles. The summed E-state index contributed by atoms with van der Waals surface area (Å²) in [6.07, 6.45) is 4.22. The number of hydrogen-bond donors (Lipinski definition) is 0. The van der Waals surface area contributed by atoms with Gasteiger partial charge in [-0.25, -0.2) is 4.39 Å². The van der Waals surface area contributed by atoms with Crippen molar-refractivity contribution in [1.82, 2.24) is 9.80 Å². The summed E-state index contributed by atoms with van der Waals surface area (Å²) in [6.45, 7) is 3.22. The Balaban J connectivity index is 1.38. The molecule has 4 nitrogen and oxygen atoms in total. The molecule has 3 fully saturated rings. The van der Waals surface area contributed by atoms with E-state index in [9.17, 15) is 9.18 Å². The Bertz CT molecular complexity index is 927. The van der Waals surface area contributed by atoms with Crippen molar-refractivity contribution < 1.29 is 13.9 Å². The Kier molecular flexibility index (Phi) is 5.70. The van der Waals surface area contributed by atoms with Crippen molar-refractivity contribution in [3.63, 3.8) is 0 Å². The van der Waals surface area contributed by atoms with Gasteiger partial charge >= 0.3 is 0 Å². The quantitative estimate of drug-likeness (QED) is 0.714. The van der Waals surface area contributed by atoms with E-state index in [0.29, 0.717) is 24.3 Å². The van der Waals surface area contributed by atoms with Crippen molar-refractivity contribution in [3.8, 4) is 5.75 Å². The Morgan fingerprint density at radius 1 is 1.06 bits per heavy atom. The smallest absolute Gasteiger partial charge is 0.225 e. The first-order chi connectivity index (χ1) is 15.1. The Morgan fingerprint density at radius 2 is 1.84 bits per heavy atom. The standard InChI is InChI=1S/C26H31FN2O2/c1-31-21-11-9-18(10-12-21)22-17-29(26(30)19-6-4-7-19)25-13-14-28(16-23(22)25)15-20-5-2-3-8-24(20)27/h2-3,5,8-12,19,22-23,25H,4,6-7,13-17H2,1H3/t22-,23-,25-/m0/s1. The molecular weight excluding hydrogens is 391 g/mol. The molecule has 0 unspecified atom stereocenters. The number of halogens is 1. The van der Waals surface area contributed by atoms with Crippen molar-refractivity contribution in [2.24, 2.45) is 11.8 Å². The maximum atomic E-state index is 14.2. The topological polar surface area (TPSA) is 32.8 Å². The number of ether oxygens (including phenoxy) is 1. The van der Waals surface area contributed by atoms with E-state index >= 15 is 0 Å². The first-order valence-electron chi connectivity index (χ1n) is 11.5. The van der Waals surface area contributed by atoms with Crippen LogP contribution in [0.15, 0.2) is 48.5 Å². The molecule has 5 heteroatoms. The van der Waals surface area contributed by atoms with Gasteiger partial charge in [-0.1, -0.05) is 36.8 Å².